The van der Waals surface area contributed by atoms with Gasteiger partial charge in [-0.25, -0.2) is 0 Å². The fraction of sp³-hybridized carbons (Fsp3) is 0.286. The zero-order chi connectivity index (χ0) is 12.7. The fourth-order valence-electron chi connectivity index (χ4n) is 1.48. The Labute approximate surface area is 101 Å². The molecule has 0 bridgehead atoms. The van der Waals surface area contributed by atoms with Crippen molar-refractivity contribution in [1.82, 2.24) is 0 Å². The van der Waals surface area contributed by atoms with Gasteiger partial charge in [-0.05, 0) is 13.8 Å². The zero-order valence-electron chi connectivity index (χ0n) is 10.1. The van der Waals surface area contributed by atoms with Gasteiger partial charge in [0.25, 0.3) is 0 Å². The number of carbonyl (C=O) groups is 2. The maximum Gasteiger partial charge on any atom is 0.320 e. The van der Waals surface area contributed by atoms with E-state index in [2.05, 4.69) is 0 Å². The highest BCUT2D eigenvalue weighted by atomic mass is 16.5. The smallest absolute Gasteiger partial charge is 0.320 e. The molecule has 90 valence electrons. The van der Waals surface area contributed by atoms with Crippen molar-refractivity contribution in [3.63, 3.8) is 0 Å². The van der Waals surface area contributed by atoms with Crippen LogP contribution in [0.4, 0.5) is 0 Å². The van der Waals surface area contributed by atoms with E-state index in [1.165, 1.54) is 0 Å². The standard InChI is InChI=1S/C14H16O3/c1-3-8-12(14(16)17-4-2)13(15)11-9-6-5-7-10-11/h3,5-10,12H,4H2,1-2H3/b8-3+. The lowest BCUT2D eigenvalue weighted by Crippen LogP contribution is -2.24. The predicted octanol–water partition coefficient (Wildman–Crippen LogP) is 2.62. The molecule has 0 aliphatic carbocycles. The first kappa shape index (κ1) is 13.2. The summed E-state index contributed by atoms with van der Waals surface area (Å²) in [5, 5.41) is 0. The van der Waals surface area contributed by atoms with Gasteiger partial charge in [0.15, 0.2) is 5.78 Å². The number of hydrogen-bond donors (Lipinski definition) is 0. The molecule has 1 rings (SSSR count). The van der Waals surface area contributed by atoms with Gasteiger partial charge in [0, 0.05) is 5.56 Å². The minimum Gasteiger partial charge on any atom is -0.465 e. The molecular weight excluding hydrogens is 216 g/mol. The molecule has 0 aliphatic rings. The Morgan fingerprint density at radius 3 is 2.47 bits per heavy atom. The highest BCUT2D eigenvalue weighted by Crippen LogP contribution is 2.12. The Bertz CT molecular complexity index is 407. The summed E-state index contributed by atoms with van der Waals surface area (Å²) in [6.07, 6.45) is 3.25. The molecule has 1 aromatic carbocycles. The van der Waals surface area contributed by atoms with Gasteiger partial charge in [0.2, 0.25) is 0 Å². The number of carbonyl (C=O) groups excluding carboxylic acids is 2. The predicted molar refractivity (Wildman–Crippen MR) is 65.7 cm³/mol. The lowest BCUT2D eigenvalue weighted by molar-refractivity contribution is -0.144. The van der Waals surface area contributed by atoms with Gasteiger partial charge >= 0.3 is 5.97 Å². The lowest BCUT2D eigenvalue weighted by atomic mass is 9.97. The van der Waals surface area contributed by atoms with E-state index >= 15 is 0 Å². The Morgan fingerprint density at radius 2 is 1.94 bits per heavy atom. The van der Waals surface area contributed by atoms with Gasteiger partial charge < -0.3 is 4.74 Å². The zero-order valence-corrected chi connectivity index (χ0v) is 10.1. The second-order valence-electron chi connectivity index (χ2n) is 3.49. The quantitative estimate of drug-likeness (QED) is 0.339. The molecule has 0 saturated carbocycles. The molecule has 1 atom stereocenters. The second kappa shape index (κ2) is 6.63. The number of rotatable bonds is 5. The highest BCUT2D eigenvalue weighted by Gasteiger charge is 2.25. The van der Waals surface area contributed by atoms with E-state index in [1.807, 2.05) is 6.07 Å². The number of esters is 1. The van der Waals surface area contributed by atoms with Crippen LogP contribution in [0.5, 0.6) is 0 Å². The third kappa shape index (κ3) is 3.55. The molecule has 1 unspecified atom stereocenters. The number of hydrogen-bond acceptors (Lipinski definition) is 3. The van der Waals surface area contributed by atoms with Crippen molar-refractivity contribution >= 4 is 11.8 Å². The molecule has 1 aromatic rings. The van der Waals surface area contributed by atoms with Crippen LogP contribution in [0.3, 0.4) is 0 Å². The number of allylic oxidation sites excluding steroid dienone is 1. The minimum absolute atomic E-state index is 0.234. The topological polar surface area (TPSA) is 43.4 Å². The normalized spacial score (nSPS) is 12.4. The Balaban J connectivity index is 2.92. The molecule has 3 nitrogen and oxygen atoms in total. The first-order valence-electron chi connectivity index (χ1n) is 5.59. The van der Waals surface area contributed by atoms with Crippen molar-refractivity contribution < 1.29 is 14.3 Å². The maximum absolute atomic E-state index is 12.1. The van der Waals surface area contributed by atoms with Crippen molar-refractivity contribution in [3.05, 3.63) is 48.0 Å². The molecule has 0 fully saturated rings. The Hall–Kier alpha value is -1.90. The van der Waals surface area contributed by atoms with Gasteiger partial charge in [-0.15, -0.1) is 0 Å². The number of Topliss-reactive ketones (excluding diaryl/α,β-unsaturated/α-hetero) is 1. The molecule has 17 heavy (non-hydrogen) atoms. The maximum atomic E-state index is 12.1. The average Bonchev–Trinajstić information content (AvgIpc) is 2.36. The number of benzene rings is 1. The second-order valence-corrected chi connectivity index (χ2v) is 3.49. The molecule has 3 heteroatoms. The summed E-state index contributed by atoms with van der Waals surface area (Å²) in [5.41, 5.74) is 0.517. The lowest BCUT2D eigenvalue weighted by Gasteiger charge is -2.10. The number of ether oxygens (including phenoxy) is 1. The van der Waals surface area contributed by atoms with Crippen LogP contribution < -0.4 is 0 Å². The summed E-state index contributed by atoms with van der Waals surface area (Å²) in [7, 11) is 0. The third-order valence-corrected chi connectivity index (χ3v) is 2.27. The SMILES string of the molecule is C/C=C/C(C(=O)OCC)C(=O)c1ccccc1. The molecule has 0 aromatic heterocycles. The molecule has 0 saturated heterocycles. The summed E-state index contributed by atoms with van der Waals surface area (Å²) in [6.45, 7) is 3.76. The van der Waals surface area contributed by atoms with Crippen LogP contribution in [0.25, 0.3) is 0 Å². The minimum atomic E-state index is -0.845. The molecule has 0 radical (unpaired) electrons. The van der Waals surface area contributed by atoms with E-state index in [0.717, 1.165) is 0 Å². The highest BCUT2D eigenvalue weighted by molar-refractivity contribution is 6.10. The Kier molecular flexibility index (Phi) is 5.14. The van der Waals surface area contributed by atoms with E-state index in [0.29, 0.717) is 5.56 Å². The largest absolute Gasteiger partial charge is 0.465 e. The van der Waals surface area contributed by atoms with Crippen LogP contribution in [0.15, 0.2) is 42.5 Å². The first-order chi connectivity index (χ1) is 8.20. The van der Waals surface area contributed by atoms with Crippen LogP contribution in [-0.4, -0.2) is 18.4 Å². The summed E-state index contributed by atoms with van der Waals surface area (Å²) in [5.74, 6) is -1.58. The summed E-state index contributed by atoms with van der Waals surface area (Å²) >= 11 is 0. The van der Waals surface area contributed by atoms with Crippen molar-refractivity contribution in [2.75, 3.05) is 6.61 Å². The average molecular weight is 232 g/mol. The van der Waals surface area contributed by atoms with E-state index in [-0.39, 0.29) is 12.4 Å². The van der Waals surface area contributed by atoms with E-state index in [1.54, 1.807) is 50.3 Å². The van der Waals surface area contributed by atoms with E-state index < -0.39 is 11.9 Å². The number of ketones is 1. The van der Waals surface area contributed by atoms with Crippen molar-refractivity contribution in [2.45, 2.75) is 13.8 Å². The van der Waals surface area contributed by atoms with Gasteiger partial charge in [-0.2, -0.15) is 0 Å². The fourth-order valence-corrected chi connectivity index (χ4v) is 1.48. The molecule has 0 amide bonds. The van der Waals surface area contributed by atoms with Gasteiger partial charge in [0.1, 0.15) is 5.92 Å². The molecular formula is C14H16O3. The molecule has 0 spiro atoms. The van der Waals surface area contributed by atoms with Crippen molar-refractivity contribution in [2.24, 2.45) is 5.92 Å². The van der Waals surface area contributed by atoms with Crippen LogP contribution in [-0.2, 0) is 9.53 Å². The van der Waals surface area contributed by atoms with E-state index in [4.69, 9.17) is 4.74 Å². The summed E-state index contributed by atoms with van der Waals surface area (Å²) in [4.78, 5) is 23.8. The van der Waals surface area contributed by atoms with Crippen LogP contribution in [0, 0.1) is 5.92 Å². The van der Waals surface area contributed by atoms with Gasteiger partial charge in [-0.3, -0.25) is 9.59 Å². The monoisotopic (exact) mass is 232 g/mol. The molecule has 0 heterocycles. The third-order valence-electron chi connectivity index (χ3n) is 2.27. The van der Waals surface area contributed by atoms with E-state index in [9.17, 15) is 9.59 Å². The first-order valence-corrected chi connectivity index (χ1v) is 5.59. The van der Waals surface area contributed by atoms with Gasteiger partial charge in [-0.1, -0.05) is 42.5 Å². The van der Waals surface area contributed by atoms with Gasteiger partial charge in [0.05, 0.1) is 6.61 Å². The van der Waals surface area contributed by atoms with Crippen LogP contribution >= 0.6 is 0 Å². The molecule has 0 aliphatic heterocycles. The molecule has 0 N–H and O–H groups in total. The summed E-state index contributed by atoms with van der Waals surface area (Å²) < 4.78 is 4.89. The summed E-state index contributed by atoms with van der Waals surface area (Å²) in [6, 6.07) is 8.75. The van der Waals surface area contributed by atoms with Crippen molar-refractivity contribution in [3.8, 4) is 0 Å². The van der Waals surface area contributed by atoms with Crippen molar-refractivity contribution in [1.29, 1.82) is 0 Å². The van der Waals surface area contributed by atoms with Crippen LogP contribution in [0.1, 0.15) is 24.2 Å². The Morgan fingerprint density at radius 1 is 1.29 bits per heavy atom. The van der Waals surface area contributed by atoms with Crippen LogP contribution in [0.2, 0.25) is 0 Å².